The van der Waals surface area contributed by atoms with Crippen LogP contribution in [0, 0.1) is 0 Å². The fourth-order valence-electron chi connectivity index (χ4n) is 2.02. The van der Waals surface area contributed by atoms with Gasteiger partial charge in [-0.1, -0.05) is 26.0 Å². The lowest BCUT2D eigenvalue weighted by Gasteiger charge is -2.12. The van der Waals surface area contributed by atoms with Crippen molar-refractivity contribution in [3.63, 3.8) is 0 Å². The largest absolute Gasteiger partial charge is 0.488 e. The zero-order valence-corrected chi connectivity index (χ0v) is 9.00. The van der Waals surface area contributed by atoms with Crippen molar-refractivity contribution in [2.75, 3.05) is 5.73 Å². The maximum atomic E-state index is 6.07. The highest BCUT2D eigenvalue weighted by Crippen LogP contribution is 2.38. The van der Waals surface area contributed by atoms with Crippen molar-refractivity contribution in [3.05, 3.63) is 23.3 Å². The van der Waals surface area contributed by atoms with E-state index in [1.165, 1.54) is 11.1 Å². The molecule has 1 aliphatic heterocycles. The molecular weight excluding hydrogens is 174 g/mol. The van der Waals surface area contributed by atoms with Crippen LogP contribution in [0.5, 0.6) is 5.75 Å². The van der Waals surface area contributed by atoms with Gasteiger partial charge in [-0.25, -0.2) is 0 Å². The summed E-state index contributed by atoms with van der Waals surface area (Å²) in [4.78, 5) is 0. The molecule has 0 bridgehead atoms. The van der Waals surface area contributed by atoms with Crippen molar-refractivity contribution in [3.8, 4) is 5.75 Å². The second-order valence-electron chi connectivity index (χ2n) is 4.34. The van der Waals surface area contributed by atoms with Crippen LogP contribution in [0.2, 0.25) is 0 Å². The number of ether oxygens (including phenoxy) is 1. The summed E-state index contributed by atoms with van der Waals surface area (Å²) in [6, 6.07) is 4.27. The molecule has 2 nitrogen and oxygen atoms in total. The zero-order valence-electron chi connectivity index (χ0n) is 9.00. The molecule has 2 rings (SSSR count). The molecule has 0 radical (unpaired) electrons. The standard InChI is InChI=1S/C12H17NO/c1-7(2)10-5-4-9-6-8(3)14-12(9)11(10)13/h4-5,7-8H,6,13H2,1-3H3. The van der Waals surface area contributed by atoms with Crippen LogP contribution in [-0.4, -0.2) is 6.10 Å². The zero-order chi connectivity index (χ0) is 10.3. The van der Waals surface area contributed by atoms with Crippen molar-refractivity contribution in [1.29, 1.82) is 0 Å². The molecule has 0 aliphatic carbocycles. The fraction of sp³-hybridized carbons (Fsp3) is 0.500. The molecule has 0 spiro atoms. The molecule has 1 aromatic rings. The van der Waals surface area contributed by atoms with E-state index in [0.717, 1.165) is 17.9 Å². The summed E-state index contributed by atoms with van der Waals surface area (Å²) in [5, 5.41) is 0. The Morgan fingerprint density at radius 1 is 1.43 bits per heavy atom. The minimum Gasteiger partial charge on any atom is -0.488 e. The highest BCUT2D eigenvalue weighted by atomic mass is 16.5. The Hall–Kier alpha value is -1.18. The summed E-state index contributed by atoms with van der Waals surface area (Å²) in [7, 11) is 0. The smallest absolute Gasteiger partial charge is 0.146 e. The van der Waals surface area contributed by atoms with E-state index in [1.54, 1.807) is 0 Å². The van der Waals surface area contributed by atoms with Crippen molar-refractivity contribution < 1.29 is 4.74 Å². The van der Waals surface area contributed by atoms with E-state index in [2.05, 4.69) is 32.9 Å². The maximum Gasteiger partial charge on any atom is 0.146 e. The number of nitrogen functional groups attached to an aromatic ring is 1. The van der Waals surface area contributed by atoms with E-state index in [4.69, 9.17) is 10.5 Å². The monoisotopic (exact) mass is 191 g/mol. The lowest BCUT2D eigenvalue weighted by atomic mass is 9.98. The van der Waals surface area contributed by atoms with Gasteiger partial charge >= 0.3 is 0 Å². The number of hydrogen-bond acceptors (Lipinski definition) is 2. The van der Waals surface area contributed by atoms with E-state index in [-0.39, 0.29) is 6.10 Å². The summed E-state index contributed by atoms with van der Waals surface area (Å²) < 4.78 is 5.70. The van der Waals surface area contributed by atoms with Crippen LogP contribution in [0.4, 0.5) is 5.69 Å². The Morgan fingerprint density at radius 3 is 2.79 bits per heavy atom. The fourth-order valence-corrected chi connectivity index (χ4v) is 2.02. The predicted molar refractivity (Wildman–Crippen MR) is 58.7 cm³/mol. The molecular formula is C12H17NO. The van der Waals surface area contributed by atoms with Crippen LogP contribution in [0.1, 0.15) is 37.8 Å². The molecule has 0 aromatic heterocycles. The molecule has 0 fully saturated rings. The van der Waals surface area contributed by atoms with Crippen LogP contribution in [0.25, 0.3) is 0 Å². The minimum atomic E-state index is 0.273. The molecule has 1 heterocycles. The third-order valence-electron chi connectivity index (χ3n) is 2.76. The second kappa shape index (κ2) is 3.19. The molecule has 0 saturated heterocycles. The van der Waals surface area contributed by atoms with E-state index < -0.39 is 0 Å². The van der Waals surface area contributed by atoms with Gasteiger partial charge in [-0.2, -0.15) is 0 Å². The van der Waals surface area contributed by atoms with Gasteiger partial charge < -0.3 is 10.5 Å². The van der Waals surface area contributed by atoms with Crippen molar-refractivity contribution in [1.82, 2.24) is 0 Å². The van der Waals surface area contributed by atoms with Gasteiger partial charge in [0.25, 0.3) is 0 Å². The number of rotatable bonds is 1. The molecule has 1 aliphatic rings. The van der Waals surface area contributed by atoms with Crippen molar-refractivity contribution >= 4 is 5.69 Å². The molecule has 1 aromatic carbocycles. The average Bonchev–Trinajstić information content (AvgIpc) is 2.46. The summed E-state index contributed by atoms with van der Waals surface area (Å²) in [6.45, 7) is 6.38. The Bertz CT molecular complexity index is 358. The third-order valence-corrected chi connectivity index (χ3v) is 2.76. The van der Waals surface area contributed by atoms with Gasteiger partial charge in [0.1, 0.15) is 11.9 Å². The van der Waals surface area contributed by atoms with Crippen LogP contribution < -0.4 is 10.5 Å². The Kier molecular flexibility index (Phi) is 2.14. The molecule has 14 heavy (non-hydrogen) atoms. The SMILES string of the molecule is CC1Cc2ccc(C(C)C)c(N)c2O1. The van der Waals surface area contributed by atoms with Gasteiger partial charge in [-0.05, 0) is 24.0 Å². The molecule has 0 amide bonds. The average molecular weight is 191 g/mol. The number of nitrogens with two attached hydrogens (primary N) is 1. The Labute approximate surface area is 85.1 Å². The highest BCUT2D eigenvalue weighted by molar-refractivity contribution is 5.64. The number of anilines is 1. The maximum absolute atomic E-state index is 6.07. The van der Waals surface area contributed by atoms with Crippen LogP contribution in [0.15, 0.2) is 12.1 Å². The molecule has 1 unspecified atom stereocenters. The molecule has 1 atom stereocenters. The molecule has 0 saturated carbocycles. The van der Waals surface area contributed by atoms with E-state index >= 15 is 0 Å². The second-order valence-corrected chi connectivity index (χ2v) is 4.34. The van der Waals surface area contributed by atoms with Gasteiger partial charge in [0.2, 0.25) is 0 Å². The Balaban J connectivity index is 2.48. The lowest BCUT2D eigenvalue weighted by molar-refractivity contribution is 0.255. The first-order chi connectivity index (χ1) is 6.59. The first-order valence-corrected chi connectivity index (χ1v) is 5.17. The van der Waals surface area contributed by atoms with Gasteiger partial charge in [0.15, 0.2) is 0 Å². The van der Waals surface area contributed by atoms with Gasteiger partial charge in [0, 0.05) is 6.42 Å². The van der Waals surface area contributed by atoms with E-state index in [0.29, 0.717) is 5.92 Å². The van der Waals surface area contributed by atoms with Crippen molar-refractivity contribution in [2.24, 2.45) is 0 Å². The number of hydrogen-bond donors (Lipinski definition) is 1. The Morgan fingerprint density at radius 2 is 2.14 bits per heavy atom. The highest BCUT2D eigenvalue weighted by Gasteiger charge is 2.23. The van der Waals surface area contributed by atoms with Gasteiger partial charge in [0.05, 0.1) is 5.69 Å². The quantitative estimate of drug-likeness (QED) is 0.693. The summed E-state index contributed by atoms with van der Waals surface area (Å²) >= 11 is 0. The third kappa shape index (κ3) is 1.35. The minimum absolute atomic E-state index is 0.273. The lowest BCUT2D eigenvalue weighted by Crippen LogP contribution is -2.06. The summed E-state index contributed by atoms with van der Waals surface area (Å²) in [5.41, 5.74) is 9.35. The molecule has 2 N–H and O–H groups in total. The van der Waals surface area contributed by atoms with Crippen molar-refractivity contribution in [2.45, 2.75) is 39.2 Å². The summed E-state index contributed by atoms with van der Waals surface area (Å²) in [5.74, 6) is 1.38. The first-order valence-electron chi connectivity index (χ1n) is 5.17. The molecule has 76 valence electrons. The molecule has 2 heteroatoms. The summed E-state index contributed by atoms with van der Waals surface area (Å²) in [6.07, 6.45) is 1.26. The first kappa shape index (κ1) is 9.38. The normalized spacial score (nSPS) is 19.6. The predicted octanol–water partition coefficient (Wildman–Crippen LogP) is 2.72. The number of benzene rings is 1. The van der Waals surface area contributed by atoms with Crippen LogP contribution in [-0.2, 0) is 6.42 Å². The number of fused-ring (bicyclic) bond motifs is 1. The topological polar surface area (TPSA) is 35.2 Å². The van der Waals surface area contributed by atoms with Gasteiger partial charge in [-0.15, -0.1) is 0 Å². The van der Waals surface area contributed by atoms with Crippen LogP contribution in [0.3, 0.4) is 0 Å². The van der Waals surface area contributed by atoms with E-state index in [1.807, 2.05) is 0 Å². The van der Waals surface area contributed by atoms with E-state index in [9.17, 15) is 0 Å². The van der Waals surface area contributed by atoms with Gasteiger partial charge in [-0.3, -0.25) is 0 Å². The van der Waals surface area contributed by atoms with Crippen LogP contribution >= 0.6 is 0 Å².